The third-order valence-corrected chi connectivity index (χ3v) is 3.29. The smallest absolute Gasteiger partial charge is 0.317 e. The van der Waals surface area contributed by atoms with Crippen LogP contribution in [-0.4, -0.2) is 59.5 Å². The molecule has 0 saturated carbocycles. The van der Waals surface area contributed by atoms with Gasteiger partial charge in [0.2, 0.25) is 5.91 Å². The molecule has 1 aliphatic heterocycles. The van der Waals surface area contributed by atoms with Crippen LogP contribution in [0.5, 0.6) is 0 Å². The second kappa shape index (κ2) is 6.59. The van der Waals surface area contributed by atoms with E-state index in [9.17, 15) is 9.59 Å². The van der Waals surface area contributed by atoms with Crippen LogP contribution in [0, 0.1) is 5.92 Å². The number of carboxylic acid groups (broad SMARTS) is 1. The zero-order valence-corrected chi connectivity index (χ0v) is 10.7. The van der Waals surface area contributed by atoms with Crippen molar-refractivity contribution in [1.82, 2.24) is 9.80 Å². The lowest BCUT2D eigenvalue weighted by Crippen LogP contribution is -2.46. The Bertz CT molecular complexity index is 277. The molecular formula is C12H22N2O3. The van der Waals surface area contributed by atoms with Crippen LogP contribution in [0.15, 0.2) is 0 Å². The zero-order chi connectivity index (χ0) is 12.8. The van der Waals surface area contributed by atoms with Gasteiger partial charge < -0.3 is 10.0 Å². The summed E-state index contributed by atoms with van der Waals surface area (Å²) in [6.45, 7) is 6.81. The lowest BCUT2D eigenvalue weighted by molar-refractivity contribution is -0.142. The number of hydrogen-bond donors (Lipinski definition) is 1. The molecule has 1 unspecified atom stereocenters. The van der Waals surface area contributed by atoms with E-state index in [1.54, 1.807) is 0 Å². The van der Waals surface area contributed by atoms with Crippen LogP contribution in [0.4, 0.5) is 0 Å². The molecule has 1 amide bonds. The molecular weight excluding hydrogens is 220 g/mol. The summed E-state index contributed by atoms with van der Waals surface area (Å²) < 4.78 is 0. The van der Waals surface area contributed by atoms with E-state index >= 15 is 0 Å². The van der Waals surface area contributed by atoms with Crippen molar-refractivity contribution in [2.45, 2.75) is 26.7 Å². The predicted octanol–water partition coefficient (Wildman–Crippen LogP) is 0.651. The van der Waals surface area contributed by atoms with Crippen molar-refractivity contribution in [1.29, 1.82) is 0 Å². The first-order chi connectivity index (χ1) is 8.08. The van der Waals surface area contributed by atoms with Gasteiger partial charge in [-0.3, -0.25) is 14.5 Å². The molecule has 0 radical (unpaired) electrons. The average molecular weight is 242 g/mol. The lowest BCUT2D eigenvalue weighted by atomic mass is 9.96. The average Bonchev–Trinajstić information content (AvgIpc) is 2.30. The molecule has 5 heteroatoms. The molecule has 1 N–H and O–H groups in total. The highest BCUT2D eigenvalue weighted by Crippen LogP contribution is 2.18. The molecule has 1 aliphatic rings. The Labute approximate surface area is 102 Å². The molecule has 0 aliphatic carbocycles. The molecule has 0 aromatic carbocycles. The Balaban J connectivity index is 2.53. The second-order valence-electron chi connectivity index (χ2n) is 4.48. The summed E-state index contributed by atoms with van der Waals surface area (Å²) in [7, 11) is 0. The van der Waals surface area contributed by atoms with Crippen LogP contribution >= 0.6 is 0 Å². The number of carbonyl (C=O) groups is 2. The fraction of sp³-hybridized carbons (Fsp3) is 0.833. The third kappa shape index (κ3) is 4.00. The van der Waals surface area contributed by atoms with E-state index < -0.39 is 5.97 Å². The number of amides is 1. The maximum atomic E-state index is 12.1. The van der Waals surface area contributed by atoms with Gasteiger partial charge >= 0.3 is 5.97 Å². The highest BCUT2D eigenvalue weighted by atomic mass is 16.4. The molecule has 0 spiro atoms. The SMILES string of the molecule is CCN(CC)C(=O)C1CCCN(CC(=O)O)C1. The molecule has 1 fully saturated rings. The van der Waals surface area contributed by atoms with Gasteiger partial charge in [-0.15, -0.1) is 0 Å². The van der Waals surface area contributed by atoms with Gasteiger partial charge in [-0.1, -0.05) is 0 Å². The monoisotopic (exact) mass is 242 g/mol. The molecule has 0 bridgehead atoms. The van der Waals surface area contributed by atoms with Crippen molar-refractivity contribution in [3.05, 3.63) is 0 Å². The molecule has 98 valence electrons. The zero-order valence-electron chi connectivity index (χ0n) is 10.7. The number of hydrogen-bond acceptors (Lipinski definition) is 3. The van der Waals surface area contributed by atoms with E-state index in [1.807, 2.05) is 23.6 Å². The first-order valence-electron chi connectivity index (χ1n) is 6.31. The maximum absolute atomic E-state index is 12.1. The topological polar surface area (TPSA) is 60.9 Å². The van der Waals surface area contributed by atoms with E-state index in [-0.39, 0.29) is 18.4 Å². The fourth-order valence-corrected chi connectivity index (χ4v) is 2.39. The quantitative estimate of drug-likeness (QED) is 0.769. The minimum Gasteiger partial charge on any atom is -0.480 e. The largest absolute Gasteiger partial charge is 0.480 e. The molecule has 1 rings (SSSR count). The van der Waals surface area contributed by atoms with Gasteiger partial charge in [0, 0.05) is 19.6 Å². The van der Waals surface area contributed by atoms with Crippen LogP contribution in [0.3, 0.4) is 0 Å². The number of piperidine rings is 1. The second-order valence-corrected chi connectivity index (χ2v) is 4.48. The number of carbonyl (C=O) groups excluding carboxylic acids is 1. The minimum absolute atomic E-state index is 0.0250. The van der Waals surface area contributed by atoms with Gasteiger partial charge in [0.15, 0.2) is 0 Å². The lowest BCUT2D eigenvalue weighted by Gasteiger charge is -2.33. The summed E-state index contributed by atoms with van der Waals surface area (Å²) in [5.74, 6) is -0.672. The Morgan fingerprint density at radius 2 is 2.00 bits per heavy atom. The van der Waals surface area contributed by atoms with Gasteiger partial charge in [-0.25, -0.2) is 0 Å². The Hall–Kier alpha value is -1.10. The molecule has 1 saturated heterocycles. The Morgan fingerprint density at radius 3 is 2.53 bits per heavy atom. The van der Waals surface area contributed by atoms with Crippen molar-refractivity contribution >= 4 is 11.9 Å². The van der Waals surface area contributed by atoms with Crippen molar-refractivity contribution in [2.75, 3.05) is 32.7 Å². The van der Waals surface area contributed by atoms with Crippen LogP contribution in [-0.2, 0) is 9.59 Å². The van der Waals surface area contributed by atoms with Crippen LogP contribution in [0.25, 0.3) is 0 Å². The number of aliphatic carboxylic acids is 1. The number of likely N-dealkylation sites (tertiary alicyclic amines) is 1. The summed E-state index contributed by atoms with van der Waals surface area (Å²) in [6.07, 6.45) is 1.79. The van der Waals surface area contributed by atoms with Crippen LogP contribution in [0.1, 0.15) is 26.7 Å². The first kappa shape index (κ1) is 14.0. The minimum atomic E-state index is -0.819. The normalized spacial score (nSPS) is 21.2. The van der Waals surface area contributed by atoms with Crippen LogP contribution in [0.2, 0.25) is 0 Å². The van der Waals surface area contributed by atoms with Gasteiger partial charge in [0.05, 0.1) is 12.5 Å². The fourth-order valence-electron chi connectivity index (χ4n) is 2.39. The van der Waals surface area contributed by atoms with Gasteiger partial charge in [0.25, 0.3) is 0 Å². The molecule has 5 nitrogen and oxygen atoms in total. The summed E-state index contributed by atoms with van der Waals surface area (Å²) in [5.41, 5.74) is 0. The summed E-state index contributed by atoms with van der Waals surface area (Å²) >= 11 is 0. The number of carboxylic acids is 1. The van der Waals surface area contributed by atoms with Crippen LogP contribution < -0.4 is 0 Å². The van der Waals surface area contributed by atoms with Crippen molar-refractivity contribution in [3.8, 4) is 0 Å². The molecule has 1 atom stereocenters. The molecule has 17 heavy (non-hydrogen) atoms. The van der Waals surface area contributed by atoms with Crippen molar-refractivity contribution in [3.63, 3.8) is 0 Å². The first-order valence-corrected chi connectivity index (χ1v) is 6.31. The highest BCUT2D eigenvalue weighted by Gasteiger charge is 2.28. The summed E-state index contributed by atoms with van der Waals surface area (Å²) in [4.78, 5) is 26.5. The molecule has 0 aromatic rings. The third-order valence-electron chi connectivity index (χ3n) is 3.29. The van der Waals surface area contributed by atoms with Gasteiger partial charge in [0.1, 0.15) is 0 Å². The Kier molecular flexibility index (Phi) is 5.41. The van der Waals surface area contributed by atoms with Crippen molar-refractivity contribution in [2.24, 2.45) is 5.92 Å². The maximum Gasteiger partial charge on any atom is 0.317 e. The summed E-state index contributed by atoms with van der Waals surface area (Å²) in [5, 5.41) is 8.76. The number of rotatable bonds is 5. The molecule has 1 heterocycles. The van der Waals surface area contributed by atoms with Crippen molar-refractivity contribution < 1.29 is 14.7 Å². The Morgan fingerprint density at radius 1 is 1.35 bits per heavy atom. The van der Waals surface area contributed by atoms with E-state index in [0.717, 1.165) is 32.5 Å². The highest BCUT2D eigenvalue weighted by molar-refractivity contribution is 5.79. The van der Waals surface area contributed by atoms with Gasteiger partial charge in [-0.2, -0.15) is 0 Å². The van der Waals surface area contributed by atoms with E-state index in [4.69, 9.17) is 5.11 Å². The van der Waals surface area contributed by atoms with E-state index in [0.29, 0.717) is 6.54 Å². The van der Waals surface area contributed by atoms with E-state index in [1.165, 1.54) is 0 Å². The summed E-state index contributed by atoms with van der Waals surface area (Å²) in [6, 6.07) is 0. The molecule has 0 aromatic heterocycles. The number of nitrogens with zero attached hydrogens (tertiary/aromatic N) is 2. The van der Waals surface area contributed by atoms with Gasteiger partial charge in [-0.05, 0) is 33.2 Å². The standard InChI is InChI=1S/C12H22N2O3/c1-3-14(4-2)12(17)10-6-5-7-13(8-10)9-11(15)16/h10H,3-9H2,1-2H3,(H,15,16). The predicted molar refractivity (Wildman–Crippen MR) is 64.7 cm³/mol. The van der Waals surface area contributed by atoms with E-state index in [2.05, 4.69) is 0 Å².